The zero-order chi connectivity index (χ0) is 17.3. The molecule has 0 bridgehead atoms. The summed E-state index contributed by atoms with van der Waals surface area (Å²) in [5.41, 5.74) is 9.10. The lowest BCUT2D eigenvalue weighted by Crippen LogP contribution is -2.27. The van der Waals surface area contributed by atoms with E-state index < -0.39 is 5.91 Å². The molecule has 3 N–H and O–H groups in total. The highest BCUT2D eigenvalue weighted by Gasteiger charge is 2.16. The van der Waals surface area contributed by atoms with Crippen LogP contribution in [0.2, 0.25) is 0 Å². The third-order valence-electron chi connectivity index (χ3n) is 4.09. The van der Waals surface area contributed by atoms with Gasteiger partial charge in [0, 0.05) is 25.5 Å². The number of anilines is 1. The van der Waals surface area contributed by atoms with Crippen molar-refractivity contribution in [3.63, 3.8) is 0 Å². The molecule has 0 aliphatic heterocycles. The molecule has 0 radical (unpaired) electrons. The number of pyridine rings is 1. The molecule has 24 heavy (non-hydrogen) atoms. The monoisotopic (exact) mass is 321 g/mol. The van der Waals surface area contributed by atoms with Gasteiger partial charge in [-0.2, -0.15) is 0 Å². The van der Waals surface area contributed by atoms with Gasteiger partial charge in [0.05, 0.1) is 10.9 Å². The lowest BCUT2D eigenvalue weighted by atomic mass is 10.1. The summed E-state index contributed by atoms with van der Waals surface area (Å²) in [6.45, 7) is 2.58. The molecule has 1 amide bonds. The Kier molecular flexibility index (Phi) is 4.08. The third kappa shape index (κ3) is 2.76. The maximum absolute atomic E-state index is 12.6. The molecule has 122 valence electrons. The van der Waals surface area contributed by atoms with Crippen LogP contribution in [0.15, 0.2) is 53.5 Å². The summed E-state index contributed by atoms with van der Waals surface area (Å²) in [4.78, 5) is 24.7. The van der Waals surface area contributed by atoms with E-state index in [0.29, 0.717) is 23.1 Å². The van der Waals surface area contributed by atoms with Gasteiger partial charge in [0.15, 0.2) is 0 Å². The van der Waals surface area contributed by atoms with Crippen LogP contribution in [-0.4, -0.2) is 17.5 Å². The minimum atomic E-state index is -0.414. The molecule has 0 fully saturated rings. The Labute approximate surface area is 139 Å². The van der Waals surface area contributed by atoms with Crippen molar-refractivity contribution >= 4 is 22.5 Å². The molecule has 0 spiro atoms. The normalized spacial score (nSPS) is 10.8. The van der Waals surface area contributed by atoms with Gasteiger partial charge < -0.3 is 15.6 Å². The zero-order valence-corrected chi connectivity index (χ0v) is 13.7. The van der Waals surface area contributed by atoms with Gasteiger partial charge in [0.25, 0.3) is 5.91 Å². The number of amides is 1. The van der Waals surface area contributed by atoms with Crippen LogP contribution in [0.1, 0.15) is 21.5 Å². The van der Waals surface area contributed by atoms with Crippen LogP contribution in [0, 0.1) is 6.92 Å². The molecule has 0 unspecified atom stereocenters. The van der Waals surface area contributed by atoms with Crippen molar-refractivity contribution in [2.75, 3.05) is 12.8 Å². The Hall–Kier alpha value is -3.08. The second-order valence-corrected chi connectivity index (χ2v) is 5.81. The highest BCUT2D eigenvalue weighted by atomic mass is 16.2. The van der Waals surface area contributed by atoms with Gasteiger partial charge in [0.1, 0.15) is 5.56 Å². The van der Waals surface area contributed by atoms with Gasteiger partial charge >= 0.3 is 0 Å². The van der Waals surface area contributed by atoms with E-state index in [1.54, 1.807) is 12.3 Å². The van der Waals surface area contributed by atoms with Gasteiger partial charge in [-0.3, -0.25) is 9.59 Å². The summed E-state index contributed by atoms with van der Waals surface area (Å²) in [6, 6.07) is 13.5. The number of nitrogens with zero attached hydrogens (tertiary/aromatic N) is 1. The summed E-state index contributed by atoms with van der Waals surface area (Å²) in [6.07, 6.45) is 1.60. The molecule has 1 aromatic heterocycles. The van der Waals surface area contributed by atoms with Gasteiger partial charge in [-0.25, -0.2) is 0 Å². The van der Waals surface area contributed by atoms with Crippen LogP contribution < -0.4 is 16.5 Å². The lowest BCUT2D eigenvalue weighted by molar-refractivity contribution is 0.0961. The van der Waals surface area contributed by atoms with Gasteiger partial charge in [-0.05, 0) is 24.6 Å². The van der Waals surface area contributed by atoms with Crippen LogP contribution in [0.4, 0.5) is 5.69 Å². The van der Waals surface area contributed by atoms with Crippen molar-refractivity contribution in [1.29, 1.82) is 0 Å². The number of rotatable bonds is 3. The molecular weight excluding hydrogens is 302 g/mol. The molecule has 3 aromatic rings. The Morgan fingerprint density at radius 3 is 2.54 bits per heavy atom. The van der Waals surface area contributed by atoms with Crippen molar-refractivity contribution in [3.05, 3.63) is 75.6 Å². The number of hydrogen-bond acceptors (Lipinski definition) is 3. The van der Waals surface area contributed by atoms with Crippen molar-refractivity contribution in [3.8, 4) is 0 Å². The van der Waals surface area contributed by atoms with Crippen LogP contribution in [0.25, 0.3) is 10.9 Å². The van der Waals surface area contributed by atoms with E-state index in [1.807, 2.05) is 47.9 Å². The average Bonchev–Trinajstić information content (AvgIpc) is 2.58. The predicted molar refractivity (Wildman–Crippen MR) is 96.3 cm³/mol. The van der Waals surface area contributed by atoms with Gasteiger partial charge in [-0.1, -0.05) is 35.9 Å². The number of benzene rings is 2. The lowest BCUT2D eigenvalue weighted by Gasteiger charge is -2.14. The van der Waals surface area contributed by atoms with Crippen LogP contribution in [0.3, 0.4) is 0 Å². The van der Waals surface area contributed by atoms with Gasteiger partial charge in [0.2, 0.25) is 5.43 Å². The standard InChI is InChI=1S/C19H19N3O2/c1-12-6-8-13(9-7-12)10-22-11-14(19(24)21-2)18(23)17-15(20)4-3-5-16(17)22/h3-9,11H,10,20H2,1-2H3,(H,21,24). The molecule has 0 atom stereocenters. The second kappa shape index (κ2) is 6.20. The summed E-state index contributed by atoms with van der Waals surface area (Å²) < 4.78 is 1.89. The number of nitrogens with one attached hydrogen (secondary N) is 1. The third-order valence-corrected chi connectivity index (χ3v) is 4.09. The average molecular weight is 321 g/mol. The number of carbonyl (C=O) groups excluding carboxylic acids is 1. The fraction of sp³-hybridized carbons (Fsp3) is 0.158. The summed E-state index contributed by atoms with van der Waals surface area (Å²) >= 11 is 0. The molecule has 3 rings (SSSR count). The number of carbonyl (C=O) groups is 1. The molecule has 0 aliphatic carbocycles. The van der Waals surface area contributed by atoms with E-state index in [1.165, 1.54) is 12.6 Å². The Bertz CT molecular complexity index is 972. The van der Waals surface area contributed by atoms with Crippen LogP contribution in [0.5, 0.6) is 0 Å². The number of fused-ring (bicyclic) bond motifs is 1. The van der Waals surface area contributed by atoms with Crippen LogP contribution >= 0.6 is 0 Å². The highest BCUT2D eigenvalue weighted by Crippen LogP contribution is 2.19. The molecule has 2 aromatic carbocycles. The second-order valence-electron chi connectivity index (χ2n) is 5.81. The van der Waals surface area contributed by atoms with Crippen molar-refractivity contribution in [1.82, 2.24) is 9.88 Å². The number of aromatic nitrogens is 1. The minimum Gasteiger partial charge on any atom is -0.398 e. The number of nitrogens with two attached hydrogens (primary N) is 1. The summed E-state index contributed by atoms with van der Waals surface area (Å²) in [5, 5.41) is 2.89. The Balaban J connectivity index is 2.24. The molecule has 1 heterocycles. The first kappa shape index (κ1) is 15.8. The topological polar surface area (TPSA) is 77.1 Å². The van der Waals surface area contributed by atoms with E-state index in [4.69, 9.17) is 5.73 Å². The van der Waals surface area contributed by atoms with Gasteiger partial charge in [-0.15, -0.1) is 0 Å². The summed E-state index contributed by atoms with van der Waals surface area (Å²) in [7, 11) is 1.50. The predicted octanol–water partition coefficient (Wildman–Crippen LogP) is 2.30. The fourth-order valence-electron chi connectivity index (χ4n) is 2.78. The SMILES string of the molecule is CNC(=O)c1cn(Cc2ccc(C)cc2)c2cccc(N)c2c1=O. The maximum Gasteiger partial charge on any atom is 0.256 e. The smallest absolute Gasteiger partial charge is 0.256 e. The van der Waals surface area contributed by atoms with E-state index >= 15 is 0 Å². The Morgan fingerprint density at radius 2 is 1.88 bits per heavy atom. The number of aryl methyl sites for hydroxylation is 1. The molecule has 5 nitrogen and oxygen atoms in total. The Morgan fingerprint density at radius 1 is 1.17 bits per heavy atom. The molecule has 0 aliphatic rings. The minimum absolute atomic E-state index is 0.0926. The fourth-order valence-corrected chi connectivity index (χ4v) is 2.78. The molecule has 5 heteroatoms. The quantitative estimate of drug-likeness (QED) is 0.727. The van der Waals surface area contributed by atoms with E-state index in [-0.39, 0.29) is 11.0 Å². The number of nitrogen functional groups attached to an aromatic ring is 1. The summed E-state index contributed by atoms with van der Waals surface area (Å²) in [5.74, 6) is -0.414. The zero-order valence-electron chi connectivity index (χ0n) is 13.7. The van der Waals surface area contributed by atoms with Crippen molar-refractivity contribution < 1.29 is 4.79 Å². The van der Waals surface area contributed by atoms with E-state index in [0.717, 1.165) is 5.56 Å². The van der Waals surface area contributed by atoms with E-state index in [9.17, 15) is 9.59 Å². The molecule has 0 saturated carbocycles. The first-order valence-electron chi connectivity index (χ1n) is 7.70. The van der Waals surface area contributed by atoms with E-state index in [2.05, 4.69) is 5.32 Å². The molecular formula is C19H19N3O2. The maximum atomic E-state index is 12.6. The van der Waals surface area contributed by atoms with Crippen molar-refractivity contribution in [2.45, 2.75) is 13.5 Å². The largest absolute Gasteiger partial charge is 0.398 e. The number of hydrogen-bond donors (Lipinski definition) is 2. The van der Waals surface area contributed by atoms with Crippen molar-refractivity contribution in [2.24, 2.45) is 0 Å². The highest BCUT2D eigenvalue weighted by molar-refractivity contribution is 6.00. The van der Waals surface area contributed by atoms with Crippen LogP contribution in [-0.2, 0) is 6.54 Å². The first-order chi connectivity index (χ1) is 11.5. The first-order valence-corrected chi connectivity index (χ1v) is 7.70. The molecule has 0 saturated heterocycles.